The van der Waals surface area contributed by atoms with Crippen LogP contribution in [0.15, 0.2) is 0 Å². The highest BCUT2D eigenvalue weighted by Crippen LogP contribution is 2.33. The van der Waals surface area contributed by atoms with E-state index in [2.05, 4.69) is 0 Å². The van der Waals surface area contributed by atoms with E-state index in [1.165, 1.54) is 0 Å². The molecule has 0 heterocycles. The highest BCUT2D eigenvalue weighted by molar-refractivity contribution is 7.53. The third-order valence-corrected chi connectivity index (χ3v) is 26.4. The van der Waals surface area contributed by atoms with Gasteiger partial charge in [0.2, 0.25) is 0 Å². The Bertz CT molecular complexity index is 360. The van der Waals surface area contributed by atoms with E-state index < -0.39 is 42.9 Å². The second-order valence-corrected chi connectivity index (χ2v) is 21.1. The fraction of sp³-hybridized carbons (Fsp3) is 1.00. The van der Waals surface area contributed by atoms with Gasteiger partial charge in [0.05, 0.1) is 6.42 Å². The molecule has 6 nitrogen and oxygen atoms in total. The summed E-state index contributed by atoms with van der Waals surface area (Å²) in [6.07, 6.45) is -6.35. The van der Waals surface area contributed by atoms with Crippen LogP contribution in [0.5, 0.6) is 0 Å². The molecule has 1 atom stereocenters. The molecule has 0 aliphatic carbocycles. The van der Waals surface area contributed by atoms with E-state index in [1.807, 2.05) is 0 Å². The lowest BCUT2D eigenvalue weighted by Gasteiger charge is -2.43. The lowest BCUT2D eigenvalue weighted by Crippen LogP contribution is -2.78. The molecule has 13 heteroatoms. The SMILES string of the molecule is CCO[Si](OCC)(OCC)[SiH](C(F)CC(F)(F)F)[Si](OCC)(OCC)OCC. The molecule has 0 radical (unpaired) electrons. The van der Waals surface area contributed by atoms with Crippen LogP contribution in [0.25, 0.3) is 0 Å². The summed E-state index contributed by atoms with van der Waals surface area (Å²) in [4.78, 5) is 0. The first-order chi connectivity index (χ1) is 13.1. The molecule has 0 rings (SSSR count). The molecule has 0 aromatic carbocycles. The smallest absolute Gasteiger partial charge is 0.377 e. The van der Waals surface area contributed by atoms with Gasteiger partial charge in [-0.05, 0) is 41.5 Å². The third kappa shape index (κ3) is 8.10. The zero-order chi connectivity index (χ0) is 21.8. The average molecular weight is 471 g/mol. The summed E-state index contributed by atoms with van der Waals surface area (Å²) in [6.45, 7) is 10.6. The molecule has 0 aromatic heterocycles. The van der Waals surface area contributed by atoms with Crippen molar-refractivity contribution in [3.8, 4) is 0 Å². The van der Waals surface area contributed by atoms with E-state index in [0.29, 0.717) is 0 Å². The predicted octanol–water partition coefficient (Wildman–Crippen LogP) is 3.30. The van der Waals surface area contributed by atoms with Crippen LogP contribution in [0.1, 0.15) is 48.0 Å². The van der Waals surface area contributed by atoms with E-state index in [0.717, 1.165) is 0 Å². The number of alkyl halides is 4. The molecule has 0 spiro atoms. The van der Waals surface area contributed by atoms with Gasteiger partial charge in [0, 0.05) is 39.6 Å². The number of rotatable bonds is 16. The highest BCUT2D eigenvalue weighted by Gasteiger charge is 2.71. The standard InChI is InChI=1S/C15H34F4O6Si3/c1-7-20-27(21-8-2,22-9-3)26(14(16)13-15(17,18)19)28(23-10-4,24-11-5)25-12-6/h14,26H,7-13H2,1-6H3. The molecule has 1 unspecified atom stereocenters. The van der Waals surface area contributed by atoms with E-state index in [-0.39, 0.29) is 39.6 Å². The van der Waals surface area contributed by atoms with E-state index in [4.69, 9.17) is 26.6 Å². The van der Waals surface area contributed by atoms with Crippen molar-refractivity contribution in [2.45, 2.75) is 59.9 Å². The fourth-order valence-corrected chi connectivity index (χ4v) is 28.1. The monoisotopic (exact) mass is 470 g/mol. The molecule has 28 heavy (non-hydrogen) atoms. The summed E-state index contributed by atoms with van der Waals surface area (Å²) < 4.78 is 89.6. The largest absolute Gasteiger partial charge is 0.476 e. The number of hydrogen-bond donors (Lipinski definition) is 0. The van der Waals surface area contributed by atoms with Crippen LogP contribution < -0.4 is 0 Å². The molecular weight excluding hydrogens is 436 g/mol. The zero-order valence-electron chi connectivity index (χ0n) is 17.6. The topological polar surface area (TPSA) is 55.4 Å². The van der Waals surface area contributed by atoms with Gasteiger partial charge in [-0.1, -0.05) is 0 Å². The lowest BCUT2D eigenvalue weighted by molar-refractivity contribution is -0.140. The van der Waals surface area contributed by atoms with E-state index >= 15 is 4.39 Å². The van der Waals surface area contributed by atoms with Crippen LogP contribution in [-0.4, -0.2) is 76.1 Å². The van der Waals surface area contributed by atoms with Crippen LogP contribution in [0, 0.1) is 0 Å². The molecule has 0 N–H and O–H groups in total. The van der Waals surface area contributed by atoms with Gasteiger partial charge in [0.15, 0.2) is 0 Å². The minimum atomic E-state index is -4.71. The highest BCUT2D eigenvalue weighted by atomic mass is 29.6. The first-order valence-electron chi connectivity index (χ1n) is 9.66. The fourth-order valence-electron chi connectivity index (χ4n) is 2.99. The Morgan fingerprint density at radius 3 is 1.07 bits per heavy atom. The lowest BCUT2D eigenvalue weighted by atomic mass is 10.5. The van der Waals surface area contributed by atoms with Crippen molar-refractivity contribution >= 4 is 24.5 Å². The summed E-state index contributed by atoms with van der Waals surface area (Å²) in [5.41, 5.74) is 0. The second kappa shape index (κ2) is 13.4. The van der Waals surface area contributed by atoms with E-state index in [9.17, 15) is 13.2 Å². The molecule has 0 fully saturated rings. The van der Waals surface area contributed by atoms with Crippen LogP contribution >= 0.6 is 0 Å². The van der Waals surface area contributed by atoms with E-state index in [1.54, 1.807) is 41.5 Å². The van der Waals surface area contributed by atoms with Crippen molar-refractivity contribution in [3.63, 3.8) is 0 Å². The maximum Gasteiger partial charge on any atom is 0.476 e. The molecule has 0 saturated carbocycles. The van der Waals surface area contributed by atoms with Crippen molar-refractivity contribution in [2.75, 3.05) is 39.6 Å². The number of hydrogen-bond acceptors (Lipinski definition) is 6. The Kier molecular flexibility index (Phi) is 13.5. The van der Waals surface area contributed by atoms with Gasteiger partial charge in [0.25, 0.3) is 7.83 Å². The Hall–Kier alpha value is 0.131. The average Bonchev–Trinajstić information content (AvgIpc) is 2.54. The summed E-state index contributed by atoms with van der Waals surface area (Å²) in [5, 5.41) is 0. The van der Waals surface area contributed by atoms with Gasteiger partial charge in [-0.2, -0.15) is 13.2 Å². The summed E-state index contributed by atoms with van der Waals surface area (Å²) >= 11 is 0. The predicted molar refractivity (Wildman–Crippen MR) is 104 cm³/mol. The first kappa shape index (κ1) is 28.1. The minimum absolute atomic E-state index is 0.101. The maximum atomic E-state index is 15.4. The minimum Gasteiger partial charge on any atom is -0.377 e. The maximum absolute atomic E-state index is 15.4. The molecular formula is C15H34F4O6Si3. The van der Waals surface area contributed by atoms with Gasteiger partial charge >= 0.3 is 22.8 Å². The third-order valence-electron chi connectivity index (χ3n) is 3.62. The molecule has 170 valence electrons. The van der Waals surface area contributed by atoms with Crippen molar-refractivity contribution in [1.82, 2.24) is 0 Å². The molecule has 0 aromatic rings. The Morgan fingerprint density at radius 1 is 0.643 bits per heavy atom. The second-order valence-electron chi connectivity index (χ2n) is 5.62. The molecule has 0 aliphatic rings. The van der Waals surface area contributed by atoms with Gasteiger partial charge < -0.3 is 26.6 Å². The van der Waals surface area contributed by atoms with Crippen molar-refractivity contribution in [3.05, 3.63) is 0 Å². The van der Waals surface area contributed by atoms with Crippen molar-refractivity contribution < 1.29 is 44.1 Å². The molecule has 0 aliphatic heterocycles. The Balaban J connectivity index is 6.58. The summed E-state index contributed by atoms with van der Waals surface area (Å²) in [6, 6.07) is 0. The molecule has 0 amide bonds. The van der Waals surface area contributed by atoms with Gasteiger partial charge in [0.1, 0.15) is 5.79 Å². The van der Waals surface area contributed by atoms with Gasteiger partial charge in [-0.25, -0.2) is 0 Å². The van der Waals surface area contributed by atoms with Crippen LogP contribution in [0.3, 0.4) is 0 Å². The van der Waals surface area contributed by atoms with Crippen molar-refractivity contribution in [2.24, 2.45) is 0 Å². The van der Waals surface area contributed by atoms with Crippen LogP contribution in [0.2, 0.25) is 0 Å². The van der Waals surface area contributed by atoms with Gasteiger partial charge in [-0.15, -0.1) is 0 Å². The number of halogens is 4. The Morgan fingerprint density at radius 2 is 0.893 bits per heavy atom. The zero-order valence-corrected chi connectivity index (χ0v) is 20.7. The summed E-state index contributed by atoms with van der Waals surface area (Å²) in [5.74, 6) is -2.30. The Labute approximate surface area is 168 Å². The van der Waals surface area contributed by atoms with Gasteiger partial charge in [-0.3, -0.25) is 4.39 Å². The quantitative estimate of drug-likeness (QED) is 0.255. The molecule has 0 bridgehead atoms. The molecule has 0 saturated heterocycles. The van der Waals surface area contributed by atoms with Crippen molar-refractivity contribution in [1.29, 1.82) is 0 Å². The van der Waals surface area contributed by atoms with Crippen LogP contribution in [0.4, 0.5) is 17.6 Å². The van der Waals surface area contributed by atoms with Crippen LogP contribution in [-0.2, 0) is 26.6 Å². The normalized spacial score (nSPS) is 14.7. The first-order valence-corrected chi connectivity index (χ1v) is 17.4. The summed E-state index contributed by atoms with van der Waals surface area (Å²) in [7, 11) is -11.2.